The molecular weight excluding hydrogens is 247 g/mol. The zero-order chi connectivity index (χ0) is 13.0. The maximum atomic E-state index is 12.9. The van der Waals surface area contributed by atoms with Gasteiger partial charge in [-0.3, -0.25) is 4.79 Å². The molecule has 0 saturated heterocycles. The molecule has 0 aromatic carbocycles. The molecule has 0 spiro atoms. The van der Waals surface area contributed by atoms with Crippen molar-refractivity contribution in [2.75, 3.05) is 0 Å². The van der Waals surface area contributed by atoms with Gasteiger partial charge in [-0.1, -0.05) is 11.6 Å². The summed E-state index contributed by atoms with van der Waals surface area (Å²) >= 11 is 5.69. The predicted molar refractivity (Wildman–Crippen MR) is 62.4 cm³/mol. The van der Waals surface area contributed by atoms with E-state index in [1.807, 2.05) is 0 Å². The highest BCUT2D eigenvalue weighted by Crippen LogP contribution is 2.14. The highest BCUT2D eigenvalue weighted by atomic mass is 35.5. The van der Waals surface area contributed by atoms with Crippen LogP contribution in [-0.4, -0.2) is 28.1 Å². The Hall–Kier alpha value is -1.20. The molecule has 2 unspecified atom stereocenters. The quantitative estimate of drug-likeness (QED) is 0.811. The molecule has 0 aliphatic carbocycles. The van der Waals surface area contributed by atoms with Crippen LogP contribution in [-0.2, 0) is 0 Å². The molecule has 1 aromatic heterocycles. The van der Waals surface area contributed by atoms with E-state index in [0.29, 0.717) is 6.42 Å². The predicted octanol–water partition coefficient (Wildman–Crippen LogP) is 1.76. The summed E-state index contributed by atoms with van der Waals surface area (Å²) in [7, 11) is 0. The Bertz CT molecular complexity index is 412. The molecule has 1 rings (SSSR count). The SMILES string of the molecule is CC(O)CC(C)NC(=O)c1cc(F)cnc1Cl. The average molecular weight is 261 g/mol. The number of hydrogen-bond donors (Lipinski definition) is 2. The Morgan fingerprint density at radius 1 is 1.65 bits per heavy atom. The molecular formula is C11H14ClFN2O2. The van der Waals surface area contributed by atoms with Crippen molar-refractivity contribution in [2.45, 2.75) is 32.4 Å². The van der Waals surface area contributed by atoms with E-state index in [9.17, 15) is 9.18 Å². The van der Waals surface area contributed by atoms with Gasteiger partial charge >= 0.3 is 0 Å². The van der Waals surface area contributed by atoms with Crippen LogP contribution in [0.15, 0.2) is 12.3 Å². The largest absolute Gasteiger partial charge is 0.393 e. The molecule has 2 atom stereocenters. The molecule has 1 amide bonds. The molecule has 94 valence electrons. The number of nitrogens with zero attached hydrogens (tertiary/aromatic N) is 1. The third kappa shape index (κ3) is 4.28. The van der Waals surface area contributed by atoms with Gasteiger partial charge in [-0.2, -0.15) is 0 Å². The molecule has 0 fully saturated rings. The smallest absolute Gasteiger partial charge is 0.254 e. The standard InChI is InChI=1S/C11H14ClFN2O2/c1-6(3-7(2)16)15-11(17)9-4-8(13)5-14-10(9)12/h4-7,16H,3H2,1-2H3,(H,15,17). The Labute approximate surface area is 104 Å². The molecule has 17 heavy (non-hydrogen) atoms. The van der Waals surface area contributed by atoms with Crippen molar-refractivity contribution >= 4 is 17.5 Å². The van der Waals surface area contributed by atoms with Crippen LogP contribution < -0.4 is 5.32 Å². The zero-order valence-corrected chi connectivity index (χ0v) is 10.3. The monoisotopic (exact) mass is 260 g/mol. The number of rotatable bonds is 4. The average Bonchev–Trinajstić information content (AvgIpc) is 2.20. The number of carbonyl (C=O) groups excluding carboxylic acids is 1. The minimum atomic E-state index is -0.622. The van der Waals surface area contributed by atoms with Gasteiger partial charge in [-0.25, -0.2) is 9.37 Å². The summed E-state index contributed by atoms with van der Waals surface area (Å²) in [5, 5.41) is 11.7. The van der Waals surface area contributed by atoms with Crippen LogP contribution in [0.2, 0.25) is 5.15 Å². The maximum absolute atomic E-state index is 12.9. The molecule has 0 radical (unpaired) electrons. The topological polar surface area (TPSA) is 62.2 Å². The first-order valence-electron chi connectivity index (χ1n) is 5.20. The third-order valence-electron chi connectivity index (χ3n) is 2.12. The molecule has 0 aliphatic heterocycles. The van der Waals surface area contributed by atoms with Crippen LogP contribution in [0.3, 0.4) is 0 Å². The summed E-state index contributed by atoms with van der Waals surface area (Å²) < 4.78 is 12.9. The normalized spacial score (nSPS) is 14.2. The van der Waals surface area contributed by atoms with E-state index in [2.05, 4.69) is 10.3 Å². The first-order valence-corrected chi connectivity index (χ1v) is 5.58. The van der Waals surface area contributed by atoms with Gasteiger partial charge in [0.15, 0.2) is 0 Å². The van der Waals surface area contributed by atoms with E-state index in [1.165, 1.54) is 0 Å². The molecule has 4 nitrogen and oxygen atoms in total. The number of hydrogen-bond acceptors (Lipinski definition) is 3. The first kappa shape index (κ1) is 13.9. The lowest BCUT2D eigenvalue weighted by Crippen LogP contribution is -2.34. The van der Waals surface area contributed by atoms with E-state index in [4.69, 9.17) is 16.7 Å². The van der Waals surface area contributed by atoms with Gasteiger partial charge in [0, 0.05) is 6.04 Å². The summed E-state index contributed by atoms with van der Waals surface area (Å²) in [4.78, 5) is 15.3. The maximum Gasteiger partial charge on any atom is 0.254 e. The van der Waals surface area contributed by atoms with Crippen molar-refractivity contribution in [3.8, 4) is 0 Å². The molecule has 0 aliphatic rings. The van der Waals surface area contributed by atoms with Crippen molar-refractivity contribution < 1.29 is 14.3 Å². The molecule has 6 heteroatoms. The summed E-state index contributed by atoms with van der Waals surface area (Å²) in [5.74, 6) is -1.13. The van der Waals surface area contributed by atoms with Gasteiger partial charge in [0.2, 0.25) is 0 Å². The van der Waals surface area contributed by atoms with Crippen molar-refractivity contribution in [1.82, 2.24) is 10.3 Å². The Kier molecular flexibility index (Phi) is 4.84. The third-order valence-corrected chi connectivity index (χ3v) is 2.42. The number of pyridine rings is 1. The molecule has 0 bridgehead atoms. The first-order chi connectivity index (χ1) is 7.90. The number of aliphatic hydroxyl groups is 1. The second-order valence-corrected chi connectivity index (χ2v) is 4.31. The van der Waals surface area contributed by atoms with Crippen LogP contribution in [0.1, 0.15) is 30.6 Å². The fourth-order valence-electron chi connectivity index (χ4n) is 1.45. The van der Waals surface area contributed by atoms with Gasteiger partial charge in [-0.05, 0) is 26.3 Å². The number of carbonyl (C=O) groups is 1. The fourth-order valence-corrected chi connectivity index (χ4v) is 1.64. The van der Waals surface area contributed by atoms with Crippen LogP contribution in [0.25, 0.3) is 0 Å². The number of nitrogens with one attached hydrogen (secondary N) is 1. The highest BCUT2D eigenvalue weighted by molar-refractivity contribution is 6.32. The number of halogens is 2. The van der Waals surface area contributed by atoms with E-state index < -0.39 is 17.8 Å². The Balaban J connectivity index is 2.73. The van der Waals surface area contributed by atoms with E-state index in [0.717, 1.165) is 12.3 Å². The van der Waals surface area contributed by atoms with Crippen molar-refractivity contribution in [1.29, 1.82) is 0 Å². The highest BCUT2D eigenvalue weighted by Gasteiger charge is 2.15. The fraction of sp³-hybridized carbons (Fsp3) is 0.455. The molecule has 1 heterocycles. The van der Waals surface area contributed by atoms with E-state index >= 15 is 0 Å². The van der Waals surface area contributed by atoms with Crippen LogP contribution in [0.5, 0.6) is 0 Å². The lowest BCUT2D eigenvalue weighted by molar-refractivity contribution is 0.0922. The van der Waals surface area contributed by atoms with Crippen LogP contribution >= 0.6 is 11.6 Å². The van der Waals surface area contributed by atoms with Crippen LogP contribution in [0.4, 0.5) is 4.39 Å². The summed E-state index contributed by atoms with van der Waals surface area (Å²) in [6.07, 6.45) is 0.830. The van der Waals surface area contributed by atoms with E-state index in [1.54, 1.807) is 13.8 Å². The van der Waals surface area contributed by atoms with Gasteiger partial charge < -0.3 is 10.4 Å². The molecule has 1 aromatic rings. The minimum Gasteiger partial charge on any atom is -0.393 e. The minimum absolute atomic E-state index is 0.0101. The Morgan fingerprint density at radius 3 is 2.88 bits per heavy atom. The van der Waals surface area contributed by atoms with Crippen molar-refractivity contribution in [3.05, 3.63) is 28.8 Å². The second kappa shape index (κ2) is 5.93. The van der Waals surface area contributed by atoms with Gasteiger partial charge in [0.1, 0.15) is 11.0 Å². The second-order valence-electron chi connectivity index (χ2n) is 3.95. The summed E-state index contributed by atoms with van der Waals surface area (Å²) in [6.45, 7) is 3.37. The van der Waals surface area contributed by atoms with Crippen molar-refractivity contribution in [3.63, 3.8) is 0 Å². The summed E-state index contributed by atoms with van der Waals surface area (Å²) in [6, 6.07) is 0.793. The van der Waals surface area contributed by atoms with Crippen molar-refractivity contribution in [2.24, 2.45) is 0 Å². The van der Waals surface area contributed by atoms with Gasteiger partial charge in [0.25, 0.3) is 5.91 Å². The lowest BCUT2D eigenvalue weighted by Gasteiger charge is -2.15. The Morgan fingerprint density at radius 2 is 2.29 bits per heavy atom. The van der Waals surface area contributed by atoms with Gasteiger partial charge in [-0.15, -0.1) is 0 Å². The number of amides is 1. The lowest BCUT2D eigenvalue weighted by atomic mass is 10.1. The van der Waals surface area contributed by atoms with E-state index in [-0.39, 0.29) is 16.8 Å². The van der Waals surface area contributed by atoms with Gasteiger partial charge in [0.05, 0.1) is 17.9 Å². The molecule has 0 saturated carbocycles. The molecule has 2 N–H and O–H groups in total. The van der Waals surface area contributed by atoms with Crippen LogP contribution in [0, 0.1) is 5.82 Å². The number of aliphatic hydroxyl groups excluding tert-OH is 1. The number of aromatic nitrogens is 1. The summed E-state index contributed by atoms with van der Waals surface area (Å²) in [5.41, 5.74) is -0.0101. The zero-order valence-electron chi connectivity index (χ0n) is 9.58.